The average molecular weight is 336 g/mol. The Morgan fingerprint density at radius 3 is 2.47 bits per heavy atom. The number of halogens is 1. The van der Waals surface area contributed by atoms with Gasteiger partial charge in [-0.05, 0) is 58.5 Å². The van der Waals surface area contributed by atoms with Crippen LogP contribution in [0.1, 0.15) is 26.4 Å². The molecule has 1 N–H and O–H groups in total. The summed E-state index contributed by atoms with van der Waals surface area (Å²) in [6, 6.07) is 10.6. The van der Waals surface area contributed by atoms with Crippen LogP contribution in [0.5, 0.6) is 0 Å². The van der Waals surface area contributed by atoms with E-state index in [0.29, 0.717) is 0 Å². The van der Waals surface area contributed by atoms with Crippen molar-refractivity contribution in [1.29, 1.82) is 0 Å². The van der Waals surface area contributed by atoms with E-state index < -0.39 is 0 Å². The Morgan fingerprint density at radius 2 is 1.95 bits per heavy atom. The maximum absolute atomic E-state index is 12.2. The lowest BCUT2D eigenvalue weighted by Gasteiger charge is -2.10. The van der Waals surface area contributed by atoms with Gasteiger partial charge in [0.25, 0.3) is 5.91 Å². The summed E-state index contributed by atoms with van der Waals surface area (Å²) >= 11 is 4.95. The van der Waals surface area contributed by atoms with Crippen LogP contribution in [-0.4, -0.2) is 11.9 Å². The highest BCUT2D eigenvalue weighted by molar-refractivity contribution is 9.11. The van der Waals surface area contributed by atoms with Crippen molar-refractivity contribution >= 4 is 33.2 Å². The molecule has 0 unspecified atom stereocenters. The van der Waals surface area contributed by atoms with Gasteiger partial charge in [0.15, 0.2) is 0 Å². The van der Waals surface area contributed by atoms with E-state index in [1.807, 2.05) is 13.0 Å². The van der Waals surface area contributed by atoms with E-state index in [2.05, 4.69) is 45.5 Å². The first-order chi connectivity index (χ1) is 9.13. The van der Waals surface area contributed by atoms with Crippen LogP contribution in [0, 0.1) is 6.92 Å². The maximum Gasteiger partial charge on any atom is 0.261 e. The fourth-order valence-corrected chi connectivity index (χ4v) is 3.93. The summed E-state index contributed by atoms with van der Waals surface area (Å²) in [5.41, 5.74) is 3.83. The quantitative estimate of drug-likeness (QED) is 0.890. The predicted octanol–water partition coefficient (Wildman–Crippen LogP) is 3.72. The number of rotatable bonds is 2. The number of carbonyl (C=O) groups is 1. The molecule has 4 heteroatoms. The zero-order chi connectivity index (χ0) is 13.4. The number of fused-ring (bicyclic) bond motifs is 1. The molecule has 98 valence electrons. The first-order valence-electron chi connectivity index (χ1n) is 6.27. The molecule has 0 fully saturated rings. The Kier molecular flexibility index (Phi) is 3.46. The predicted molar refractivity (Wildman–Crippen MR) is 81.9 cm³/mol. The van der Waals surface area contributed by atoms with Gasteiger partial charge in [-0.2, -0.15) is 0 Å². The van der Waals surface area contributed by atoms with Crippen molar-refractivity contribution in [2.45, 2.75) is 25.8 Å². The van der Waals surface area contributed by atoms with Crippen molar-refractivity contribution in [1.82, 2.24) is 5.32 Å². The van der Waals surface area contributed by atoms with Crippen molar-refractivity contribution in [3.8, 4) is 0 Å². The largest absolute Gasteiger partial charge is 0.348 e. The minimum atomic E-state index is 0.0385. The van der Waals surface area contributed by atoms with Gasteiger partial charge in [0.2, 0.25) is 0 Å². The molecular weight excluding hydrogens is 322 g/mol. The van der Waals surface area contributed by atoms with Gasteiger partial charge in [-0.1, -0.05) is 24.3 Å². The summed E-state index contributed by atoms with van der Waals surface area (Å²) in [5, 5.41) is 3.13. The Bertz CT molecular complexity index is 590. The zero-order valence-corrected chi connectivity index (χ0v) is 13.0. The first kappa shape index (κ1) is 12.9. The number of carbonyl (C=O) groups excluding carboxylic acids is 1. The third-order valence-electron chi connectivity index (χ3n) is 3.47. The third-order valence-corrected chi connectivity index (χ3v) is 5.60. The Morgan fingerprint density at radius 1 is 1.32 bits per heavy atom. The number of thiophene rings is 1. The molecule has 0 atom stereocenters. The fraction of sp³-hybridized carbons (Fsp3) is 0.267. The number of hydrogen-bond acceptors (Lipinski definition) is 2. The molecule has 2 aromatic rings. The summed E-state index contributed by atoms with van der Waals surface area (Å²) < 4.78 is 1.03. The van der Waals surface area contributed by atoms with Gasteiger partial charge in [-0.3, -0.25) is 4.79 Å². The number of benzene rings is 1. The van der Waals surface area contributed by atoms with E-state index in [4.69, 9.17) is 0 Å². The maximum atomic E-state index is 12.2. The Labute approximate surface area is 125 Å². The van der Waals surface area contributed by atoms with E-state index in [1.165, 1.54) is 22.5 Å². The molecule has 1 aliphatic carbocycles. The molecule has 2 nitrogen and oxygen atoms in total. The molecule has 3 rings (SSSR count). The molecule has 1 amide bonds. The van der Waals surface area contributed by atoms with E-state index in [9.17, 15) is 4.79 Å². The van der Waals surface area contributed by atoms with Crippen molar-refractivity contribution in [2.24, 2.45) is 0 Å². The average Bonchev–Trinajstić information content (AvgIpc) is 2.93. The highest BCUT2D eigenvalue weighted by atomic mass is 79.9. The normalized spacial score (nSPS) is 14.4. The van der Waals surface area contributed by atoms with Crippen LogP contribution in [0.25, 0.3) is 0 Å². The minimum Gasteiger partial charge on any atom is -0.348 e. The summed E-state index contributed by atoms with van der Waals surface area (Å²) in [5.74, 6) is 0.0385. The molecule has 0 radical (unpaired) electrons. The summed E-state index contributed by atoms with van der Waals surface area (Å²) in [4.78, 5) is 13.0. The third kappa shape index (κ3) is 2.60. The van der Waals surface area contributed by atoms with E-state index in [0.717, 1.165) is 27.1 Å². The van der Waals surface area contributed by atoms with Crippen LogP contribution in [0.15, 0.2) is 34.1 Å². The molecular formula is C15H14BrNOS. The lowest BCUT2D eigenvalue weighted by Crippen LogP contribution is -2.34. The van der Waals surface area contributed by atoms with E-state index >= 15 is 0 Å². The van der Waals surface area contributed by atoms with Crippen LogP contribution < -0.4 is 5.32 Å². The second kappa shape index (κ2) is 5.10. The minimum absolute atomic E-state index is 0.0385. The highest BCUT2D eigenvalue weighted by Crippen LogP contribution is 2.28. The highest BCUT2D eigenvalue weighted by Gasteiger charge is 2.23. The molecule has 0 saturated carbocycles. The summed E-state index contributed by atoms with van der Waals surface area (Å²) in [7, 11) is 0. The van der Waals surface area contributed by atoms with Gasteiger partial charge >= 0.3 is 0 Å². The Hall–Kier alpha value is -1.13. The fourth-order valence-electron chi connectivity index (χ4n) is 2.49. The SMILES string of the molecule is Cc1cc(C(=O)NC2Cc3ccccc3C2)sc1Br. The van der Waals surface area contributed by atoms with Crippen molar-refractivity contribution in [3.63, 3.8) is 0 Å². The van der Waals surface area contributed by atoms with Crippen molar-refractivity contribution < 1.29 is 4.79 Å². The molecule has 1 heterocycles. The van der Waals surface area contributed by atoms with Crippen LogP contribution in [0.2, 0.25) is 0 Å². The number of amides is 1. The van der Waals surface area contributed by atoms with Crippen LogP contribution in [0.4, 0.5) is 0 Å². The van der Waals surface area contributed by atoms with Crippen LogP contribution >= 0.6 is 27.3 Å². The monoisotopic (exact) mass is 335 g/mol. The lowest BCUT2D eigenvalue weighted by atomic mass is 10.1. The Balaban J connectivity index is 1.69. The topological polar surface area (TPSA) is 29.1 Å². The van der Waals surface area contributed by atoms with Gasteiger partial charge < -0.3 is 5.32 Å². The van der Waals surface area contributed by atoms with Crippen molar-refractivity contribution in [3.05, 3.63) is 55.7 Å². The second-order valence-electron chi connectivity index (χ2n) is 4.91. The molecule has 1 aromatic heterocycles. The number of hydrogen-bond donors (Lipinski definition) is 1. The van der Waals surface area contributed by atoms with Gasteiger partial charge in [0.05, 0.1) is 8.66 Å². The molecule has 0 saturated heterocycles. The molecule has 0 aliphatic heterocycles. The van der Waals surface area contributed by atoms with Crippen LogP contribution in [-0.2, 0) is 12.8 Å². The van der Waals surface area contributed by atoms with Gasteiger partial charge in [-0.15, -0.1) is 11.3 Å². The van der Waals surface area contributed by atoms with Gasteiger partial charge in [0, 0.05) is 6.04 Å². The standard InChI is InChI=1S/C15H14BrNOS/c1-9-6-13(19-14(9)16)15(18)17-12-7-10-4-2-3-5-11(10)8-12/h2-6,12H,7-8H2,1H3,(H,17,18). The summed E-state index contributed by atoms with van der Waals surface area (Å²) in [6.45, 7) is 2.00. The van der Waals surface area contributed by atoms with Gasteiger partial charge in [-0.25, -0.2) is 0 Å². The number of nitrogens with one attached hydrogen (secondary N) is 1. The molecule has 0 spiro atoms. The number of aryl methyl sites for hydroxylation is 1. The van der Waals surface area contributed by atoms with Crippen molar-refractivity contribution in [2.75, 3.05) is 0 Å². The smallest absolute Gasteiger partial charge is 0.261 e. The van der Waals surface area contributed by atoms with Gasteiger partial charge in [0.1, 0.15) is 0 Å². The van der Waals surface area contributed by atoms with E-state index in [1.54, 1.807) is 0 Å². The molecule has 1 aromatic carbocycles. The molecule has 1 aliphatic rings. The van der Waals surface area contributed by atoms with E-state index in [-0.39, 0.29) is 11.9 Å². The summed E-state index contributed by atoms with van der Waals surface area (Å²) in [6.07, 6.45) is 1.88. The molecule has 19 heavy (non-hydrogen) atoms. The second-order valence-corrected chi connectivity index (χ2v) is 7.28. The zero-order valence-electron chi connectivity index (χ0n) is 10.6. The van der Waals surface area contributed by atoms with Crippen LogP contribution in [0.3, 0.4) is 0 Å². The first-order valence-corrected chi connectivity index (χ1v) is 7.88. The molecule has 0 bridgehead atoms. The lowest BCUT2D eigenvalue weighted by molar-refractivity contribution is 0.0942.